The molecule has 0 spiro atoms. The van der Waals surface area contributed by atoms with Crippen molar-refractivity contribution in [2.75, 3.05) is 16.8 Å². The molecule has 1 atom stereocenters. The molecule has 1 aliphatic heterocycles. The minimum absolute atomic E-state index is 0.147. The Balaban J connectivity index is 1.44. The van der Waals surface area contributed by atoms with Crippen LogP contribution in [0.15, 0.2) is 66.7 Å². The van der Waals surface area contributed by atoms with Gasteiger partial charge in [-0.25, -0.2) is 4.79 Å². The summed E-state index contributed by atoms with van der Waals surface area (Å²) in [6.07, 6.45) is 1.35. The van der Waals surface area contributed by atoms with Gasteiger partial charge in [0.1, 0.15) is 6.04 Å². The van der Waals surface area contributed by atoms with Crippen LogP contribution in [0.3, 0.4) is 0 Å². The van der Waals surface area contributed by atoms with E-state index in [1.165, 1.54) is 0 Å². The summed E-state index contributed by atoms with van der Waals surface area (Å²) in [7, 11) is 0. The second kappa shape index (κ2) is 9.82. The van der Waals surface area contributed by atoms with Gasteiger partial charge in [0.15, 0.2) is 0 Å². The number of piperidine rings is 1. The first kappa shape index (κ1) is 22.5. The van der Waals surface area contributed by atoms with E-state index in [1.807, 2.05) is 24.3 Å². The lowest BCUT2D eigenvalue weighted by Gasteiger charge is -2.32. The molecule has 32 heavy (non-hydrogen) atoms. The smallest absolute Gasteiger partial charge is 0.319 e. The summed E-state index contributed by atoms with van der Waals surface area (Å²) in [6.45, 7) is 0.585. The van der Waals surface area contributed by atoms with E-state index in [2.05, 4.69) is 10.6 Å². The highest BCUT2D eigenvalue weighted by atomic mass is 35.5. The molecular formula is C24H20Cl3N3O2. The van der Waals surface area contributed by atoms with E-state index in [4.69, 9.17) is 34.8 Å². The normalized spacial score (nSPS) is 16.0. The van der Waals surface area contributed by atoms with Crippen molar-refractivity contribution in [1.29, 1.82) is 0 Å². The molecular weight excluding hydrogens is 469 g/mol. The summed E-state index contributed by atoms with van der Waals surface area (Å²) in [5.41, 5.74) is 2.98. The molecule has 4 rings (SSSR count). The SMILES string of the molecule is O=C(Nc1ccc(Cl)cc1)N[C@@H]1CCCN(c2ccc(-c3c(Cl)cccc3Cl)cc2)C1=O. The Morgan fingerprint density at radius 1 is 0.906 bits per heavy atom. The number of benzene rings is 3. The number of hydrogen-bond donors (Lipinski definition) is 2. The Bertz CT molecular complexity index is 1110. The Kier molecular flexibility index (Phi) is 6.89. The number of nitrogens with one attached hydrogen (secondary N) is 2. The van der Waals surface area contributed by atoms with Gasteiger partial charge in [-0.15, -0.1) is 0 Å². The number of anilines is 2. The van der Waals surface area contributed by atoms with Gasteiger partial charge in [0, 0.05) is 38.6 Å². The molecule has 0 bridgehead atoms. The van der Waals surface area contributed by atoms with Gasteiger partial charge >= 0.3 is 6.03 Å². The predicted octanol–water partition coefficient (Wildman–Crippen LogP) is 6.63. The van der Waals surface area contributed by atoms with Crippen LogP contribution in [0, 0.1) is 0 Å². The van der Waals surface area contributed by atoms with Crippen LogP contribution < -0.4 is 15.5 Å². The third-order valence-electron chi connectivity index (χ3n) is 5.28. The molecule has 1 saturated heterocycles. The summed E-state index contributed by atoms with van der Waals surface area (Å²) in [4.78, 5) is 27.1. The zero-order chi connectivity index (χ0) is 22.7. The number of urea groups is 1. The van der Waals surface area contributed by atoms with Gasteiger partial charge in [-0.2, -0.15) is 0 Å². The highest BCUT2D eigenvalue weighted by Gasteiger charge is 2.31. The number of nitrogens with zero attached hydrogens (tertiary/aromatic N) is 1. The fourth-order valence-electron chi connectivity index (χ4n) is 3.71. The molecule has 3 amide bonds. The van der Waals surface area contributed by atoms with Crippen molar-refractivity contribution < 1.29 is 9.59 Å². The highest BCUT2D eigenvalue weighted by Crippen LogP contribution is 2.35. The lowest BCUT2D eigenvalue weighted by molar-refractivity contribution is -0.121. The van der Waals surface area contributed by atoms with Crippen molar-refractivity contribution in [2.45, 2.75) is 18.9 Å². The van der Waals surface area contributed by atoms with Gasteiger partial charge < -0.3 is 15.5 Å². The van der Waals surface area contributed by atoms with E-state index in [-0.39, 0.29) is 5.91 Å². The molecule has 164 valence electrons. The van der Waals surface area contributed by atoms with Crippen LogP contribution in [0.5, 0.6) is 0 Å². The molecule has 0 radical (unpaired) electrons. The van der Waals surface area contributed by atoms with Crippen LogP contribution >= 0.6 is 34.8 Å². The van der Waals surface area contributed by atoms with Gasteiger partial charge in [0.05, 0.1) is 0 Å². The molecule has 3 aromatic carbocycles. The Labute approximate surface area is 201 Å². The molecule has 1 heterocycles. The van der Waals surface area contributed by atoms with Crippen molar-refractivity contribution >= 4 is 58.1 Å². The predicted molar refractivity (Wildman–Crippen MR) is 131 cm³/mol. The first-order chi connectivity index (χ1) is 15.4. The number of carbonyl (C=O) groups is 2. The summed E-state index contributed by atoms with van der Waals surface area (Å²) < 4.78 is 0. The lowest BCUT2D eigenvalue weighted by atomic mass is 10.0. The molecule has 0 aromatic heterocycles. The Hall–Kier alpha value is -2.73. The van der Waals surface area contributed by atoms with Gasteiger partial charge in [0.2, 0.25) is 5.91 Å². The summed E-state index contributed by atoms with van der Waals surface area (Å²) in [5.74, 6) is -0.147. The summed E-state index contributed by atoms with van der Waals surface area (Å²) >= 11 is 18.5. The van der Waals surface area contributed by atoms with Crippen LogP contribution in [-0.2, 0) is 4.79 Å². The van der Waals surface area contributed by atoms with Crippen molar-refractivity contribution in [3.8, 4) is 11.1 Å². The fraction of sp³-hybridized carbons (Fsp3) is 0.167. The monoisotopic (exact) mass is 487 g/mol. The minimum atomic E-state index is -0.603. The molecule has 0 unspecified atom stereocenters. The van der Waals surface area contributed by atoms with Crippen LogP contribution in [0.1, 0.15) is 12.8 Å². The van der Waals surface area contributed by atoms with Gasteiger partial charge in [-0.1, -0.05) is 53.0 Å². The van der Waals surface area contributed by atoms with E-state index in [9.17, 15) is 9.59 Å². The zero-order valence-corrected chi connectivity index (χ0v) is 19.2. The largest absolute Gasteiger partial charge is 0.326 e. The number of carbonyl (C=O) groups excluding carboxylic acids is 2. The molecule has 3 aromatic rings. The quantitative estimate of drug-likeness (QED) is 0.433. The van der Waals surface area contributed by atoms with Crippen molar-refractivity contribution in [3.63, 3.8) is 0 Å². The Morgan fingerprint density at radius 3 is 2.22 bits per heavy atom. The third-order valence-corrected chi connectivity index (χ3v) is 6.16. The first-order valence-corrected chi connectivity index (χ1v) is 11.2. The number of halogens is 3. The average Bonchev–Trinajstić information content (AvgIpc) is 2.77. The molecule has 1 aliphatic rings. The maximum atomic E-state index is 13.0. The molecule has 8 heteroatoms. The van der Waals surface area contributed by atoms with E-state index in [0.29, 0.717) is 33.7 Å². The van der Waals surface area contributed by atoms with Crippen molar-refractivity contribution in [2.24, 2.45) is 0 Å². The second-order valence-corrected chi connectivity index (χ2v) is 8.68. The first-order valence-electron chi connectivity index (χ1n) is 10.1. The minimum Gasteiger partial charge on any atom is -0.326 e. The lowest BCUT2D eigenvalue weighted by Crippen LogP contribution is -2.53. The highest BCUT2D eigenvalue weighted by molar-refractivity contribution is 6.39. The van der Waals surface area contributed by atoms with E-state index >= 15 is 0 Å². The van der Waals surface area contributed by atoms with Crippen LogP contribution in [0.4, 0.5) is 16.2 Å². The zero-order valence-electron chi connectivity index (χ0n) is 16.9. The standard InChI is InChI=1S/C24H20Cl3N3O2/c25-16-8-10-17(11-9-16)28-24(32)29-21-5-2-14-30(23(21)31)18-12-6-15(7-13-18)22-19(26)3-1-4-20(22)27/h1,3-4,6-13,21H,2,5,14H2,(H2,28,29,32)/t21-/m1/s1. The molecule has 0 aliphatic carbocycles. The maximum Gasteiger partial charge on any atom is 0.319 e. The average molecular weight is 489 g/mol. The summed E-state index contributed by atoms with van der Waals surface area (Å²) in [5, 5.41) is 7.21. The van der Waals surface area contributed by atoms with Crippen LogP contribution in [0.25, 0.3) is 11.1 Å². The molecule has 2 N–H and O–H groups in total. The van der Waals surface area contributed by atoms with E-state index < -0.39 is 12.1 Å². The molecule has 5 nitrogen and oxygen atoms in total. The van der Waals surface area contributed by atoms with Crippen molar-refractivity contribution in [1.82, 2.24) is 5.32 Å². The fourth-order valence-corrected chi connectivity index (χ4v) is 4.45. The maximum absolute atomic E-state index is 13.0. The van der Waals surface area contributed by atoms with Gasteiger partial charge in [0.25, 0.3) is 0 Å². The van der Waals surface area contributed by atoms with Gasteiger partial charge in [-0.05, 0) is 66.9 Å². The van der Waals surface area contributed by atoms with Crippen molar-refractivity contribution in [3.05, 3.63) is 81.8 Å². The topological polar surface area (TPSA) is 61.4 Å². The second-order valence-electron chi connectivity index (χ2n) is 7.43. The number of rotatable bonds is 4. The Morgan fingerprint density at radius 2 is 1.56 bits per heavy atom. The van der Waals surface area contributed by atoms with E-state index in [1.54, 1.807) is 47.4 Å². The number of amides is 3. The number of hydrogen-bond acceptors (Lipinski definition) is 2. The van der Waals surface area contributed by atoms with Crippen LogP contribution in [-0.4, -0.2) is 24.5 Å². The third kappa shape index (κ3) is 5.01. The summed E-state index contributed by atoms with van der Waals surface area (Å²) in [6, 6.07) is 18.6. The van der Waals surface area contributed by atoms with E-state index in [0.717, 1.165) is 23.2 Å². The molecule has 1 fully saturated rings. The van der Waals surface area contributed by atoms with Crippen LogP contribution in [0.2, 0.25) is 15.1 Å². The molecule has 0 saturated carbocycles. The van der Waals surface area contributed by atoms with Gasteiger partial charge in [-0.3, -0.25) is 4.79 Å².